The zero-order valence-electron chi connectivity index (χ0n) is 10.1. The van der Waals surface area contributed by atoms with Crippen LogP contribution in [0.1, 0.15) is 30.5 Å². The van der Waals surface area contributed by atoms with E-state index < -0.39 is 5.97 Å². The average Bonchev–Trinajstić information content (AvgIpc) is 2.25. The molecule has 1 aromatic rings. The van der Waals surface area contributed by atoms with E-state index in [2.05, 4.69) is 19.1 Å². The van der Waals surface area contributed by atoms with Gasteiger partial charge in [-0.05, 0) is 31.6 Å². The van der Waals surface area contributed by atoms with Gasteiger partial charge < -0.3 is 10.0 Å². The van der Waals surface area contributed by atoms with Gasteiger partial charge in [0.25, 0.3) is 0 Å². The zero-order valence-corrected chi connectivity index (χ0v) is 10.1. The molecular weight excluding hydrogens is 202 g/mol. The molecule has 3 nitrogen and oxygen atoms in total. The van der Waals surface area contributed by atoms with Gasteiger partial charge >= 0.3 is 5.97 Å². The number of benzene rings is 1. The van der Waals surface area contributed by atoms with Crippen molar-refractivity contribution in [1.29, 1.82) is 0 Å². The molecule has 0 heterocycles. The maximum Gasteiger partial charge on any atom is 0.305 e. The minimum Gasteiger partial charge on any atom is -0.481 e. The molecule has 0 amide bonds. The van der Waals surface area contributed by atoms with Crippen LogP contribution in [0.2, 0.25) is 0 Å². The van der Waals surface area contributed by atoms with Crippen molar-refractivity contribution in [2.45, 2.75) is 25.8 Å². The standard InChI is InChI=1S/C13H19NO2/c1-4-10-5-7-11(8-6-10)12(14(2)3)9-13(15)16/h5-8,12H,4,9H2,1-3H3,(H,15,16). The summed E-state index contributed by atoms with van der Waals surface area (Å²) in [5.74, 6) is -0.765. The first kappa shape index (κ1) is 12.7. The summed E-state index contributed by atoms with van der Waals surface area (Å²) in [5.41, 5.74) is 2.33. The van der Waals surface area contributed by atoms with Crippen LogP contribution in [0, 0.1) is 0 Å². The van der Waals surface area contributed by atoms with E-state index >= 15 is 0 Å². The molecule has 0 aliphatic rings. The second-order valence-corrected chi connectivity index (χ2v) is 4.17. The number of aliphatic carboxylic acids is 1. The van der Waals surface area contributed by atoms with Gasteiger partial charge in [-0.25, -0.2) is 0 Å². The van der Waals surface area contributed by atoms with Gasteiger partial charge in [-0.2, -0.15) is 0 Å². The molecule has 1 aromatic carbocycles. The molecule has 0 bridgehead atoms. The Morgan fingerprint density at radius 1 is 1.31 bits per heavy atom. The minimum atomic E-state index is -0.765. The van der Waals surface area contributed by atoms with E-state index in [9.17, 15) is 4.79 Å². The number of carboxylic acid groups (broad SMARTS) is 1. The normalized spacial score (nSPS) is 12.8. The molecule has 0 saturated heterocycles. The predicted octanol–water partition coefficient (Wildman–Crippen LogP) is 2.33. The van der Waals surface area contributed by atoms with Gasteiger partial charge in [0.2, 0.25) is 0 Å². The van der Waals surface area contributed by atoms with Crippen LogP contribution in [0.4, 0.5) is 0 Å². The molecule has 0 saturated carbocycles. The van der Waals surface area contributed by atoms with Crippen molar-refractivity contribution in [3.63, 3.8) is 0 Å². The fourth-order valence-corrected chi connectivity index (χ4v) is 1.74. The topological polar surface area (TPSA) is 40.5 Å². The van der Waals surface area contributed by atoms with E-state index in [0.717, 1.165) is 12.0 Å². The van der Waals surface area contributed by atoms with E-state index in [1.54, 1.807) is 0 Å². The van der Waals surface area contributed by atoms with Crippen LogP contribution in [0.5, 0.6) is 0 Å². The summed E-state index contributed by atoms with van der Waals surface area (Å²) < 4.78 is 0. The average molecular weight is 221 g/mol. The number of hydrogen-bond acceptors (Lipinski definition) is 2. The van der Waals surface area contributed by atoms with Crippen molar-refractivity contribution in [1.82, 2.24) is 4.90 Å². The van der Waals surface area contributed by atoms with E-state index in [1.807, 2.05) is 31.1 Å². The molecular formula is C13H19NO2. The van der Waals surface area contributed by atoms with Crippen molar-refractivity contribution in [2.75, 3.05) is 14.1 Å². The molecule has 0 spiro atoms. The van der Waals surface area contributed by atoms with Gasteiger partial charge in [0.1, 0.15) is 0 Å². The molecule has 88 valence electrons. The highest BCUT2D eigenvalue weighted by molar-refractivity contribution is 5.67. The summed E-state index contributed by atoms with van der Waals surface area (Å²) in [6.07, 6.45) is 1.14. The Kier molecular flexibility index (Phi) is 4.50. The zero-order chi connectivity index (χ0) is 12.1. The van der Waals surface area contributed by atoms with E-state index in [1.165, 1.54) is 5.56 Å². The Morgan fingerprint density at radius 2 is 1.88 bits per heavy atom. The predicted molar refractivity (Wildman–Crippen MR) is 64.5 cm³/mol. The highest BCUT2D eigenvalue weighted by atomic mass is 16.4. The Hall–Kier alpha value is -1.35. The van der Waals surface area contributed by atoms with Crippen LogP contribution < -0.4 is 0 Å². The monoisotopic (exact) mass is 221 g/mol. The molecule has 0 aliphatic carbocycles. The van der Waals surface area contributed by atoms with Gasteiger partial charge in [-0.1, -0.05) is 31.2 Å². The van der Waals surface area contributed by atoms with Crippen molar-refractivity contribution in [3.05, 3.63) is 35.4 Å². The summed E-state index contributed by atoms with van der Waals surface area (Å²) in [5, 5.41) is 8.87. The van der Waals surface area contributed by atoms with Crippen molar-refractivity contribution >= 4 is 5.97 Å². The van der Waals surface area contributed by atoms with E-state index in [0.29, 0.717) is 0 Å². The first-order chi connectivity index (χ1) is 7.54. The molecule has 0 aromatic heterocycles. The molecule has 0 radical (unpaired) electrons. The lowest BCUT2D eigenvalue weighted by Gasteiger charge is -2.23. The van der Waals surface area contributed by atoms with E-state index in [-0.39, 0.29) is 12.5 Å². The first-order valence-electron chi connectivity index (χ1n) is 5.51. The quantitative estimate of drug-likeness (QED) is 0.829. The third-order valence-corrected chi connectivity index (χ3v) is 2.76. The maximum absolute atomic E-state index is 10.8. The lowest BCUT2D eigenvalue weighted by molar-refractivity contribution is -0.138. The highest BCUT2D eigenvalue weighted by Crippen LogP contribution is 2.22. The molecule has 1 atom stereocenters. The Bertz CT molecular complexity index is 343. The van der Waals surface area contributed by atoms with Crippen LogP contribution in [-0.2, 0) is 11.2 Å². The molecule has 0 aliphatic heterocycles. The minimum absolute atomic E-state index is 0.0524. The summed E-state index contributed by atoms with van der Waals surface area (Å²) in [4.78, 5) is 12.7. The second kappa shape index (κ2) is 5.66. The smallest absolute Gasteiger partial charge is 0.305 e. The molecule has 1 unspecified atom stereocenters. The number of carbonyl (C=O) groups is 1. The van der Waals surface area contributed by atoms with Crippen molar-refractivity contribution in [2.24, 2.45) is 0 Å². The molecule has 0 fully saturated rings. The van der Waals surface area contributed by atoms with Crippen molar-refractivity contribution in [3.8, 4) is 0 Å². The lowest BCUT2D eigenvalue weighted by Crippen LogP contribution is -2.22. The summed E-state index contributed by atoms with van der Waals surface area (Å²) in [6, 6.07) is 8.11. The van der Waals surface area contributed by atoms with Crippen molar-refractivity contribution < 1.29 is 9.90 Å². The fourth-order valence-electron chi connectivity index (χ4n) is 1.74. The second-order valence-electron chi connectivity index (χ2n) is 4.17. The Morgan fingerprint density at radius 3 is 2.25 bits per heavy atom. The van der Waals surface area contributed by atoms with Gasteiger partial charge in [-0.15, -0.1) is 0 Å². The van der Waals surface area contributed by atoms with Crippen LogP contribution in [-0.4, -0.2) is 30.1 Å². The summed E-state index contributed by atoms with van der Waals surface area (Å²) in [6.45, 7) is 2.11. The first-order valence-corrected chi connectivity index (χ1v) is 5.51. The van der Waals surface area contributed by atoms with Gasteiger partial charge in [0, 0.05) is 6.04 Å². The number of hydrogen-bond donors (Lipinski definition) is 1. The van der Waals surface area contributed by atoms with Crippen LogP contribution in [0.15, 0.2) is 24.3 Å². The third kappa shape index (κ3) is 3.35. The third-order valence-electron chi connectivity index (χ3n) is 2.76. The summed E-state index contributed by atoms with van der Waals surface area (Å²) in [7, 11) is 3.81. The SMILES string of the molecule is CCc1ccc(C(CC(=O)O)N(C)C)cc1. The Balaban J connectivity index is 2.88. The van der Waals surface area contributed by atoms with Crippen LogP contribution >= 0.6 is 0 Å². The largest absolute Gasteiger partial charge is 0.481 e. The Labute approximate surface area is 96.7 Å². The number of aryl methyl sites for hydroxylation is 1. The molecule has 1 rings (SSSR count). The number of carboxylic acids is 1. The highest BCUT2D eigenvalue weighted by Gasteiger charge is 2.17. The molecule has 16 heavy (non-hydrogen) atoms. The van der Waals surface area contributed by atoms with Gasteiger partial charge in [0.15, 0.2) is 0 Å². The van der Waals surface area contributed by atoms with Crippen LogP contribution in [0.25, 0.3) is 0 Å². The van der Waals surface area contributed by atoms with Gasteiger partial charge in [-0.3, -0.25) is 4.79 Å². The number of nitrogens with zero attached hydrogens (tertiary/aromatic N) is 1. The van der Waals surface area contributed by atoms with Crippen LogP contribution in [0.3, 0.4) is 0 Å². The maximum atomic E-state index is 10.8. The fraction of sp³-hybridized carbons (Fsp3) is 0.462. The molecule has 1 N–H and O–H groups in total. The van der Waals surface area contributed by atoms with E-state index in [4.69, 9.17) is 5.11 Å². The lowest BCUT2D eigenvalue weighted by atomic mass is 10.0. The number of rotatable bonds is 5. The molecule has 3 heteroatoms. The summed E-state index contributed by atoms with van der Waals surface area (Å²) >= 11 is 0. The van der Waals surface area contributed by atoms with Gasteiger partial charge in [0.05, 0.1) is 6.42 Å².